The Bertz CT molecular complexity index is 977. The van der Waals surface area contributed by atoms with Crippen molar-refractivity contribution in [3.05, 3.63) is 69.8 Å². The lowest BCUT2D eigenvalue weighted by atomic mass is 9.93. The first-order valence-electron chi connectivity index (χ1n) is 15.7. The van der Waals surface area contributed by atoms with Crippen LogP contribution in [-0.2, 0) is 46.4 Å². The Morgan fingerprint density at radius 3 is 1.32 bits per heavy atom. The summed E-state index contributed by atoms with van der Waals surface area (Å²) in [6, 6.07) is 13.7. The highest BCUT2D eigenvalue weighted by Crippen LogP contribution is 2.54. The maximum Gasteiger partial charge on any atom is 0.510 e. The van der Waals surface area contributed by atoms with Gasteiger partial charge < -0.3 is 9.47 Å². The molecular weight excluding hydrogens is 468 g/mol. The van der Waals surface area contributed by atoms with E-state index in [-0.39, 0.29) is 0 Å². The lowest BCUT2D eigenvalue weighted by Crippen LogP contribution is -2.25. The van der Waals surface area contributed by atoms with Gasteiger partial charge in [-0.05, 0) is 110 Å². The molecule has 0 aliphatic heterocycles. The fraction of sp³-hybridized carbons (Fsp3) is 0.629. The predicted octanol–water partition coefficient (Wildman–Crippen LogP) is 9.89. The van der Waals surface area contributed by atoms with Crippen molar-refractivity contribution in [2.24, 2.45) is 0 Å². The number of benzene rings is 2. The third-order valence-corrected chi connectivity index (χ3v) is 8.52. The second kappa shape index (κ2) is 13.2. The molecule has 2 saturated carbocycles. The number of ether oxygens (including phenoxy) is 2. The zero-order chi connectivity index (χ0) is 27.0. The van der Waals surface area contributed by atoms with Gasteiger partial charge in [0.15, 0.2) is 0 Å². The van der Waals surface area contributed by atoms with Crippen molar-refractivity contribution in [2.45, 2.75) is 142 Å². The first kappa shape index (κ1) is 28.7. The summed E-state index contributed by atoms with van der Waals surface area (Å²) in [5.41, 5.74) is 6.92. The van der Waals surface area contributed by atoms with E-state index < -0.39 is 17.4 Å². The van der Waals surface area contributed by atoms with Crippen LogP contribution in [0, 0.1) is 0 Å². The molecule has 4 rings (SSSR count). The molecule has 2 aliphatic rings. The molecule has 0 unspecified atom stereocenters. The number of carbonyl (C=O) groups is 1. The number of aryl methyl sites for hydroxylation is 4. The predicted molar refractivity (Wildman–Crippen MR) is 157 cm³/mol. The number of unbranched alkanes of at least 4 members (excludes halogenated alkanes) is 4. The monoisotopic (exact) mass is 518 g/mol. The summed E-state index contributed by atoms with van der Waals surface area (Å²) in [5.74, 6) is 0. The molecule has 0 heterocycles. The maximum atomic E-state index is 13.3. The van der Waals surface area contributed by atoms with Gasteiger partial charge in [0.2, 0.25) is 0 Å². The lowest BCUT2D eigenvalue weighted by Gasteiger charge is -2.25. The van der Waals surface area contributed by atoms with E-state index in [1.54, 1.807) is 0 Å². The van der Waals surface area contributed by atoms with E-state index in [9.17, 15) is 4.79 Å². The first-order valence-corrected chi connectivity index (χ1v) is 15.7. The van der Waals surface area contributed by atoms with Crippen LogP contribution in [0.4, 0.5) is 4.79 Å². The van der Waals surface area contributed by atoms with Crippen LogP contribution in [0.1, 0.15) is 138 Å². The molecule has 38 heavy (non-hydrogen) atoms. The fourth-order valence-electron chi connectivity index (χ4n) is 5.82. The highest BCUT2D eigenvalue weighted by molar-refractivity contribution is 5.64. The summed E-state index contributed by atoms with van der Waals surface area (Å²) in [6.07, 6.45) is 16.8. The van der Waals surface area contributed by atoms with E-state index in [0.29, 0.717) is 0 Å². The molecule has 3 nitrogen and oxygen atoms in total. The van der Waals surface area contributed by atoms with Crippen LogP contribution in [-0.4, -0.2) is 6.16 Å². The third kappa shape index (κ3) is 7.01. The molecule has 0 aromatic heterocycles. The Kier molecular flexibility index (Phi) is 9.96. The molecule has 2 aromatic carbocycles. The largest absolute Gasteiger partial charge is 0.510 e. The van der Waals surface area contributed by atoms with Gasteiger partial charge in [-0.1, -0.05) is 89.8 Å². The van der Waals surface area contributed by atoms with Gasteiger partial charge in [0, 0.05) is 0 Å². The zero-order valence-electron chi connectivity index (χ0n) is 24.5. The zero-order valence-corrected chi connectivity index (χ0v) is 24.5. The quantitative estimate of drug-likeness (QED) is 0.207. The Morgan fingerprint density at radius 2 is 0.974 bits per heavy atom. The molecule has 0 N–H and O–H groups in total. The number of hydrogen-bond donors (Lipinski definition) is 0. The van der Waals surface area contributed by atoms with Crippen molar-refractivity contribution in [2.75, 3.05) is 0 Å². The normalized spacial score (nSPS) is 16.7. The first-order chi connectivity index (χ1) is 18.5. The highest BCUT2D eigenvalue weighted by Gasteiger charge is 2.54. The van der Waals surface area contributed by atoms with E-state index in [1.807, 2.05) is 0 Å². The van der Waals surface area contributed by atoms with Crippen molar-refractivity contribution in [1.29, 1.82) is 0 Å². The summed E-state index contributed by atoms with van der Waals surface area (Å²) in [5, 5.41) is 0. The van der Waals surface area contributed by atoms with Crippen LogP contribution in [0.3, 0.4) is 0 Å². The van der Waals surface area contributed by atoms with Gasteiger partial charge in [-0.2, -0.15) is 0 Å². The average Bonchev–Trinajstić information content (AvgIpc) is 3.86. The standard InChI is InChI=1S/C35H50O3/c1-5-9-13-27-17-19-31(29(25-27)15-11-7-3)34(21-22-34)37-33(36)38-35(23-24-35)32-20-18-28(14-10-6-2)26-30(32)16-12-8-4/h17-20,25-26H,5-16,21-24H2,1-4H3. The molecule has 0 atom stereocenters. The molecule has 0 amide bonds. The van der Waals surface area contributed by atoms with Crippen LogP contribution in [0.25, 0.3) is 0 Å². The second-order valence-corrected chi connectivity index (χ2v) is 11.8. The van der Waals surface area contributed by atoms with E-state index in [0.717, 1.165) is 77.0 Å². The van der Waals surface area contributed by atoms with Crippen LogP contribution in [0.5, 0.6) is 0 Å². The van der Waals surface area contributed by atoms with Gasteiger partial charge in [0.25, 0.3) is 0 Å². The van der Waals surface area contributed by atoms with Gasteiger partial charge in [0.05, 0.1) is 0 Å². The summed E-state index contributed by atoms with van der Waals surface area (Å²) in [7, 11) is 0. The second-order valence-electron chi connectivity index (χ2n) is 11.8. The molecular formula is C35H50O3. The molecule has 0 radical (unpaired) electrons. The molecule has 208 valence electrons. The summed E-state index contributed by atoms with van der Waals surface area (Å²) < 4.78 is 12.4. The molecule has 2 aromatic rings. The highest BCUT2D eigenvalue weighted by atomic mass is 16.7. The number of rotatable bonds is 16. The molecule has 0 saturated heterocycles. The SMILES string of the molecule is CCCCc1ccc(C2(OC(=O)OC3(c4ccc(CCCC)cc4CCCC)CC3)CC2)c(CCCC)c1. The van der Waals surface area contributed by atoms with E-state index in [1.165, 1.54) is 59.1 Å². The topological polar surface area (TPSA) is 35.5 Å². The van der Waals surface area contributed by atoms with E-state index >= 15 is 0 Å². The summed E-state index contributed by atoms with van der Waals surface area (Å²) >= 11 is 0. The molecule has 0 bridgehead atoms. The maximum absolute atomic E-state index is 13.3. The Morgan fingerprint density at radius 1 is 0.605 bits per heavy atom. The van der Waals surface area contributed by atoms with Crippen molar-refractivity contribution in [3.8, 4) is 0 Å². The van der Waals surface area contributed by atoms with Crippen molar-refractivity contribution in [3.63, 3.8) is 0 Å². The Balaban J connectivity index is 1.50. The van der Waals surface area contributed by atoms with Gasteiger partial charge in [-0.3, -0.25) is 0 Å². The fourth-order valence-corrected chi connectivity index (χ4v) is 5.82. The number of hydrogen-bond acceptors (Lipinski definition) is 3. The Labute approximate surface area is 231 Å². The molecule has 0 spiro atoms. The molecule has 2 fully saturated rings. The average molecular weight is 519 g/mol. The van der Waals surface area contributed by atoms with Crippen molar-refractivity contribution < 1.29 is 14.3 Å². The Hall–Kier alpha value is -2.29. The molecule has 2 aliphatic carbocycles. The molecule has 3 heteroatoms. The van der Waals surface area contributed by atoms with Crippen LogP contribution in [0.15, 0.2) is 36.4 Å². The van der Waals surface area contributed by atoms with Crippen LogP contribution >= 0.6 is 0 Å². The van der Waals surface area contributed by atoms with Crippen molar-refractivity contribution >= 4 is 6.16 Å². The van der Waals surface area contributed by atoms with Crippen LogP contribution < -0.4 is 0 Å². The minimum absolute atomic E-state index is 0.493. The van der Waals surface area contributed by atoms with Crippen LogP contribution in [0.2, 0.25) is 0 Å². The minimum Gasteiger partial charge on any atom is -0.423 e. The van der Waals surface area contributed by atoms with Gasteiger partial charge in [-0.25, -0.2) is 4.79 Å². The summed E-state index contributed by atoms with van der Waals surface area (Å²) in [4.78, 5) is 13.3. The van der Waals surface area contributed by atoms with E-state index in [2.05, 4.69) is 64.1 Å². The van der Waals surface area contributed by atoms with Crippen molar-refractivity contribution in [1.82, 2.24) is 0 Å². The lowest BCUT2D eigenvalue weighted by molar-refractivity contribution is -0.0221. The third-order valence-electron chi connectivity index (χ3n) is 8.52. The smallest absolute Gasteiger partial charge is 0.423 e. The van der Waals surface area contributed by atoms with Gasteiger partial charge >= 0.3 is 6.16 Å². The van der Waals surface area contributed by atoms with Gasteiger partial charge in [0.1, 0.15) is 11.2 Å². The van der Waals surface area contributed by atoms with E-state index in [4.69, 9.17) is 9.47 Å². The van der Waals surface area contributed by atoms with Gasteiger partial charge in [-0.15, -0.1) is 0 Å². The number of carbonyl (C=O) groups excluding carboxylic acids is 1. The minimum atomic E-state index is -0.505. The summed E-state index contributed by atoms with van der Waals surface area (Å²) in [6.45, 7) is 8.96.